The van der Waals surface area contributed by atoms with E-state index in [1.54, 1.807) is 6.08 Å². The van der Waals surface area contributed by atoms with Gasteiger partial charge < -0.3 is 5.32 Å². The minimum absolute atomic E-state index is 0.0133. The van der Waals surface area contributed by atoms with Crippen molar-refractivity contribution in [2.75, 3.05) is 0 Å². The van der Waals surface area contributed by atoms with Gasteiger partial charge in [0, 0.05) is 16.6 Å². The van der Waals surface area contributed by atoms with E-state index in [4.69, 9.17) is 0 Å². The molecule has 0 radical (unpaired) electrons. The monoisotopic (exact) mass is 321 g/mol. The van der Waals surface area contributed by atoms with Crippen LogP contribution in [0.4, 0.5) is 0 Å². The van der Waals surface area contributed by atoms with E-state index in [0.29, 0.717) is 6.04 Å². The first-order valence-electron chi connectivity index (χ1n) is 6.90. The molecule has 0 aliphatic heterocycles. The van der Waals surface area contributed by atoms with Gasteiger partial charge in [0.25, 0.3) is 0 Å². The summed E-state index contributed by atoms with van der Waals surface area (Å²) in [5.41, 5.74) is 2.24. The second-order valence-corrected chi connectivity index (χ2v) is 6.06. The van der Waals surface area contributed by atoms with Gasteiger partial charge in [-0.25, -0.2) is 0 Å². The van der Waals surface area contributed by atoms with Crippen molar-refractivity contribution in [1.29, 1.82) is 0 Å². The Hall–Kier alpha value is -1.09. The Bertz CT molecular complexity index is 476. The smallest absolute Gasteiger partial charge is 0.244 e. The number of aryl methyl sites for hydroxylation is 1. The van der Waals surface area contributed by atoms with Crippen LogP contribution in [0.5, 0.6) is 0 Å². The topological polar surface area (TPSA) is 29.1 Å². The first kappa shape index (κ1) is 14.3. The molecule has 1 N–H and O–H groups in total. The lowest BCUT2D eigenvalue weighted by Crippen LogP contribution is -2.34. The van der Waals surface area contributed by atoms with E-state index in [-0.39, 0.29) is 5.91 Å². The van der Waals surface area contributed by atoms with Gasteiger partial charge in [0.2, 0.25) is 5.91 Å². The molecule has 102 valence electrons. The largest absolute Gasteiger partial charge is 0.350 e. The molecule has 1 aromatic rings. The fourth-order valence-corrected chi connectivity index (χ4v) is 3.05. The number of hydrogen-bond donors (Lipinski definition) is 1. The zero-order valence-electron chi connectivity index (χ0n) is 11.3. The van der Waals surface area contributed by atoms with Crippen LogP contribution in [0.3, 0.4) is 0 Å². The molecule has 1 aliphatic rings. The van der Waals surface area contributed by atoms with Crippen molar-refractivity contribution in [1.82, 2.24) is 5.32 Å². The fourth-order valence-electron chi connectivity index (χ4n) is 2.43. The average Bonchev–Trinajstić information content (AvgIpc) is 2.39. The van der Waals surface area contributed by atoms with E-state index >= 15 is 0 Å². The Morgan fingerprint density at radius 1 is 1.32 bits per heavy atom. The number of hydrogen-bond acceptors (Lipinski definition) is 1. The number of amides is 1. The quantitative estimate of drug-likeness (QED) is 0.830. The van der Waals surface area contributed by atoms with Crippen molar-refractivity contribution in [3.05, 3.63) is 39.9 Å². The van der Waals surface area contributed by atoms with Crippen molar-refractivity contribution < 1.29 is 4.79 Å². The highest BCUT2D eigenvalue weighted by Crippen LogP contribution is 2.20. The predicted molar refractivity (Wildman–Crippen MR) is 82.9 cm³/mol. The summed E-state index contributed by atoms with van der Waals surface area (Å²) in [6, 6.07) is 6.48. The number of rotatable bonds is 3. The summed E-state index contributed by atoms with van der Waals surface area (Å²) in [5, 5.41) is 3.08. The van der Waals surface area contributed by atoms with E-state index in [1.807, 2.05) is 25.1 Å². The molecule has 1 fully saturated rings. The standard InChI is InChI=1S/C16H20BrNO/c1-12-7-8-13(15(17)11-12)9-10-16(19)18-14-5-3-2-4-6-14/h7-11,14H,2-6H2,1H3,(H,18,19). The number of benzene rings is 1. The summed E-state index contributed by atoms with van der Waals surface area (Å²) in [6.07, 6.45) is 9.50. The molecule has 0 bridgehead atoms. The minimum atomic E-state index is 0.0133. The zero-order chi connectivity index (χ0) is 13.7. The molecular formula is C16H20BrNO. The van der Waals surface area contributed by atoms with Crippen molar-refractivity contribution in [3.8, 4) is 0 Å². The average molecular weight is 322 g/mol. The molecule has 1 amide bonds. The normalized spacial score (nSPS) is 16.7. The molecule has 0 heterocycles. The third-order valence-electron chi connectivity index (χ3n) is 3.52. The predicted octanol–water partition coefficient (Wildman–Crippen LogP) is 4.22. The second-order valence-electron chi connectivity index (χ2n) is 5.20. The molecule has 1 aliphatic carbocycles. The van der Waals surface area contributed by atoms with Crippen LogP contribution in [-0.2, 0) is 4.79 Å². The molecular weight excluding hydrogens is 302 g/mol. The molecule has 1 aromatic carbocycles. The van der Waals surface area contributed by atoms with Gasteiger partial charge in [-0.2, -0.15) is 0 Å². The molecule has 0 atom stereocenters. The van der Waals surface area contributed by atoms with Crippen LogP contribution in [0.1, 0.15) is 43.2 Å². The highest BCUT2D eigenvalue weighted by molar-refractivity contribution is 9.10. The van der Waals surface area contributed by atoms with E-state index in [2.05, 4.69) is 27.3 Å². The lowest BCUT2D eigenvalue weighted by molar-refractivity contribution is -0.117. The maximum absolute atomic E-state index is 11.8. The molecule has 3 heteroatoms. The van der Waals surface area contributed by atoms with Crippen LogP contribution in [0.15, 0.2) is 28.7 Å². The first-order valence-corrected chi connectivity index (χ1v) is 7.69. The molecule has 19 heavy (non-hydrogen) atoms. The molecule has 2 rings (SSSR count). The Balaban J connectivity index is 1.92. The molecule has 0 unspecified atom stereocenters. The molecule has 2 nitrogen and oxygen atoms in total. The maximum Gasteiger partial charge on any atom is 0.244 e. The lowest BCUT2D eigenvalue weighted by atomic mass is 9.95. The van der Waals surface area contributed by atoms with Gasteiger partial charge in [-0.3, -0.25) is 4.79 Å². The zero-order valence-corrected chi connectivity index (χ0v) is 12.9. The third kappa shape index (κ3) is 4.50. The first-order chi connectivity index (χ1) is 9.15. The Morgan fingerprint density at radius 2 is 2.05 bits per heavy atom. The molecule has 0 saturated heterocycles. The minimum Gasteiger partial charge on any atom is -0.350 e. The number of carbonyl (C=O) groups is 1. The summed E-state index contributed by atoms with van der Waals surface area (Å²) < 4.78 is 1.02. The highest BCUT2D eigenvalue weighted by Gasteiger charge is 2.14. The summed E-state index contributed by atoms with van der Waals surface area (Å²) in [5.74, 6) is 0.0133. The number of carbonyl (C=O) groups excluding carboxylic acids is 1. The summed E-state index contributed by atoms with van der Waals surface area (Å²) in [7, 11) is 0. The van der Waals surface area contributed by atoms with Crippen molar-refractivity contribution in [2.24, 2.45) is 0 Å². The van der Waals surface area contributed by atoms with Crippen molar-refractivity contribution in [2.45, 2.75) is 45.1 Å². The summed E-state index contributed by atoms with van der Waals surface area (Å²) >= 11 is 3.51. The summed E-state index contributed by atoms with van der Waals surface area (Å²) in [4.78, 5) is 11.8. The number of nitrogens with one attached hydrogen (secondary N) is 1. The Kier molecular flexibility index (Phi) is 5.20. The molecule has 1 saturated carbocycles. The third-order valence-corrected chi connectivity index (χ3v) is 4.21. The van der Waals surface area contributed by atoms with Gasteiger partial charge in [-0.05, 0) is 43.0 Å². The van der Waals surface area contributed by atoms with E-state index < -0.39 is 0 Å². The lowest BCUT2D eigenvalue weighted by Gasteiger charge is -2.21. The van der Waals surface area contributed by atoms with Crippen molar-refractivity contribution in [3.63, 3.8) is 0 Å². The van der Waals surface area contributed by atoms with Gasteiger partial charge in [-0.15, -0.1) is 0 Å². The van der Waals surface area contributed by atoms with Crippen LogP contribution >= 0.6 is 15.9 Å². The second kappa shape index (κ2) is 6.90. The van der Waals surface area contributed by atoms with Gasteiger partial charge >= 0.3 is 0 Å². The Labute approximate surface area is 123 Å². The van der Waals surface area contributed by atoms with Gasteiger partial charge in [0.15, 0.2) is 0 Å². The highest BCUT2D eigenvalue weighted by atomic mass is 79.9. The van der Waals surface area contributed by atoms with Gasteiger partial charge in [-0.1, -0.05) is 47.3 Å². The van der Waals surface area contributed by atoms with Crippen molar-refractivity contribution >= 4 is 27.9 Å². The Morgan fingerprint density at radius 3 is 2.74 bits per heavy atom. The van der Waals surface area contributed by atoms with E-state index in [9.17, 15) is 4.79 Å². The maximum atomic E-state index is 11.8. The van der Waals surface area contributed by atoms with Gasteiger partial charge in [0.1, 0.15) is 0 Å². The fraction of sp³-hybridized carbons (Fsp3) is 0.438. The van der Waals surface area contributed by atoms with Crippen LogP contribution in [0.25, 0.3) is 6.08 Å². The number of halogens is 1. The molecule has 0 spiro atoms. The van der Waals surface area contributed by atoms with Crippen LogP contribution in [-0.4, -0.2) is 11.9 Å². The van der Waals surface area contributed by atoms with Crippen LogP contribution in [0, 0.1) is 6.92 Å². The van der Waals surface area contributed by atoms with E-state index in [1.165, 1.54) is 24.8 Å². The SMILES string of the molecule is Cc1ccc(C=CC(=O)NC2CCCCC2)c(Br)c1. The van der Waals surface area contributed by atoms with Crippen LogP contribution < -0.4 is 5.32 Å². The van der Waals surface area contributed by atoms with Gasteiger partial charge in [0.05, 0.1) is 0 Å². The molecule has 0 aromatic heterocycles. The van der Waals surface area contributed by atoms with Crippen LogP contribution in [0.2, 0.25) is 0 Å². The summed E-state index contributed by atoms with van der Waals surface area (Å²) in [6.45, 7) is 2.05. The van der Waals surface area contributed by atoms with E-state index in [0.717, 1.165) is 22.9 Å².